The van der Waals surface area contributed by atoms with Gasteiger partial charge in [0.05, 0.1) is 11.4 Å². The molecule has 5 rings (SSSR count). The molecular weight excluding hydrogens is 370 g/mol. The summed E-state index contributed by atoms with van der Waals surface area (Å²) in [4.78, 5) is 4.52. The first-order valence-corrected chi connectivity index (χ1v) is 10.7. The number of hydrogen-bond donors (Lipinski definition) is 1. The van der Waals surface area contributed by atoms with E-state index >= 15 is 0 Å². The van der Waals surface area contributed by atoms with Crippen molar-refractivity contribution in [3.8, 4) is 5.75 Å². The van der Waals surface area contributed by atoms with E-state index in [-0.39, 0.29) is 36.4 Å². The van der Waals surface area contributed by atoms with Crippen LogP contribution in [0.2, 0.25) is 0 Å². The minimum Gasteiger partial charge on any atom is -0.490 e. The monoisotopic (exact) mass is 391 g/mol. The summed E-state index contributed by atoms with van der Waals surface area (Å²) in [5, 5.41) is 14.9. The van der Waals surface area contributed by atoms with Crippen LogP contribution < -0.4 is 4.74 Å². The zero-order chi connectivity index (χ0) is 18.8. The van der Waals surface area contributed by atoms with Crippen molar-refractivity contribution in [1.29, 1.82) is 0 Å². The molecule has 1 aromatic carbocycles. The second-order valence-electron chi connectivity index (χ2n) is 7.75. The topological polar surface area (TPSA) is 106 Å². The van der Waals surface area contributed by atoms with Gasteiger partial charge in [0.1, 0.15) is 11.9 Å². The van der Waals surface area contributed by atoms with Crippen molar-refractivity contribution in [2.45, 2.75) is 55.1 Å². The molecule has 1 N–H and O–H groups in total. The number of rotatable bonds is 4. The number of hydrogen-bond acceptors (Lipinski definition) is 7. The molecule has 1 saturated carbocycles. The molecule has 8 nitrogen and oxygen atoms in total. The van der Waals surface area contributed by atoms with Gasteiger partial charge in [-0.05, 0) is 43.5 Å². The maximum Gasteiger partial charge on any atom is 0.260 e. The average Bonchev–Trinajstić information content (AvgIpc) is 3.05. The van der Waals surface area contributed by atoms with E-state index in [9.17, 15) is 13.5 Å². The van der Waals surface area contributed by atoms with Crippen LogP contribution in [0.5, 0.6) is 5.75 Å². The van der Waals surface area contributed by atoms with Gasteiger partial charge < -0.3 is 14.4 Å². The van der Waals surface area contributed by atoms with Crippen molar-refractivity contribution in [3.05, 3.63) is 35.5 Å². The molecular formula is C18H21N3O5S. The van der Waals surface area contributed by atoms with Gasteiger partial charge in [-0.25, -0.2) is 8.42 Å². The number of aliphatic hydroxyl groups is 1. The summed E-state index contributed by atoms with van der Waals surface area (Å²) in [6.07, 6.45) is 3.02. The highest BCUT2D eigenvalue weighted by molar-refractivity contribution is 7.89. The molecule has 9 heteroatoms. The second-order valence-corrected chi connectivity index (χ2v) is 9.69. The standard InChI is InChI=1S/C18H21N3O5S/c1-11-8-13-9-14(4-5-15(13)25-11)27(23,24)21-7-6-18(22,10-21)17-19-16(20-26-17)12-2-3-12/h4-5,9,11-12,22H,2-3,6-8,10H2,1H3/t11-,18+/m1/s1. The zero-order valence-corrected chi connectivity index (χ0v) is 15.8. The highest BCUT2D eigenvalue weighted by Gasteiger charge is 2.47. The number of ether oxygens (including phenoxy) is 1. The fourth-order valence-corrected chi connectivity index (χ4v) is 5.32. The van der Waals surface area contributed by atoms with Crippen molar-refractivity contribution in [1.82, 2.24) is 14.4 Å². The lowest BCUT2D eigenvalue weighted by Crippen LogP contribution is -2.34. The van der Waals surface area contributed by atoms with Gasteiger partial charge in [-0.3, -0.25) is 0 Å². The molecule has 144 valence electrons. The van der Waals surface area contributed by atoms with Crippen molar-refractivity contribution in [3.63, 3.8) is 0 Å². The third kappa shape index (κ3) is 2.84. The molecule has 27 heavy (non-hydrogen) atoms. The SMILES string of the molecule is C[C@@H]1Cc2cc(S(=O)(=O)N3CC[C@@](O)(c4nc(C5CC5)no4)C3)ccc2O1. The van der Waals surface area contributed by atoms with Crippen LogP contribution in [0.15, 0.2) is 27.6 Å². The van der Waals surface area contributed by atoms with E-state index in [0.29, 0.717) is 18.2 Å². The summed E-state index contributed by atoms with van der Waals surface area (Å²) in [6, 6.07) is 4.93. The molecule has 1 aromatic heterocycles. The fraction of sp³-hybridized carbons (Fsp3) is 0.556. The van der Waals surface area contributed by atoms with Crippen molar-refractivity contribution >= 4 is 10.0 Å². The van der Waals surface area contributed by atoms with E-state index in [0.717, 1.165) is 24.2 Å². The summed E-state index contributed by atoms with van der Waals surface area (Å²) < 4.78 is 38.3. The lowest BCUT2D eigenvalue weighted by Gasteiger charge is -2.20. The van der Waals surface area contributed by atoms with E-state index in [1.54, 1.807) is 18.2 Å². The Morgan fingerprint density at radius 2 is 2.15 bits per heavy atom. The van der Waals surface area contributed by atoms with Gasteiger partial charge in [0.25, 0.3) is 5.89 Å². The Morgan fingerprint density at radius 1 is 1.33 bits per heavy atom. The molecule has 3 aliphatic rings. The summed E-state index contributed by atoms with van der Waals surface area (Å²) in [5.41, 5.74) is -0.550. The van der Waals surface area contributed by atoms with Crippen molar-refractivity contribution < 1.29 is 22.8 Å². The number of nitrogens with zero attached hydrogens (tertiary/aromatic N) is 3. The molecule has 2 atom stereocenters. The summed E-state index contributed by atoms with van der Waals surface area (Å²) >= 11 is 0. The lowest BCUT2D eigenvalue weighted by atomic mass is 10.0. The average molecular weight is 391 g/mol. The number of benzene rings is 1. The Morgan fingerprint density at radius 3 is 2.93 bits per heavy atom. The van der Waals surface area contributed by atoms with Gasteiger partial charge in [-0.15, -0.1) is 0 Å². The van der Waals surface area contributed by atoms with Crippen molar-refractivity contribution in [2.24, 2.45) is 0 Å². The number of β-amino-alcohol motifs (C(OH)–C–C–N with tert-alkyl or cyclic N) is 1. The summed E-state index contributed by atoms with van der Waals surface area (Å²) in [6.45, 7) is 2.06. The third-order valence-corrected chi connectivity index (χ3v) is 7.34. The number of aromatic nitrogens is 2. The minimum absolute atomic E-state index is 0.0491. The molecule has 2 aliphatic heterocycles. The van der Waals surface area contributed by atoms with Crippen LogP contribution in [-0.4, -0.2) is 47.2 Å². The van der Waals surface area contributed by atoms with Crippen LogP contribution in [0.3, 0.4) is 0 Å². The molecule has 3 heterocycles. The predicted octanol–water partition coefficient (Wildman–Crippen LogP) is 1.55. The minimum atomic E-state index is -3.73. The van der Waals surface area contributed by atoms with Gasteiger partial charge in [0.15, 0.2) is 11.4 Å². The largest absolute Gasteiger partial charge is 0.490 e. The number of fused-ring (bicyclic) bond motifs is 1. The van der Waals surface area contributed by atoms with Gasteiger partial charge in [-0.2, -0.15) is 9.29 Å². The fourth-order valence-electron chi connectivity index (χ4n) is 3.78. The smallest absolute Gasteiger partial charge is 0.260 e. The van der Waals surface area contributed by atoms with Crippen LogP contribution >= 0.6 is 0 Å². The second kappa shape index (κ2) is 5.76. The lowest BCUT2D eigenvalue weighted by molar-refractivity contribution is 0.0194. The highest BCUT2D eigenvalue weighted by Crippen LogP contribution is 2.40. The van der Waals surface area contributed by atoms with E-state index in [2.05, 4.69) is 10.1 Å². The molecule has 0 bridgehead atoms. The van der Waals surface area contributed by atoms with E-state index in [1.807, 2.05) is 6.92 Å². The third-order valence-electron chi connectivity index (χ3n) is 5.50. The predicted molar refractivity (Wildman–Crippen MR) is 93.8 cm³/mol. The first-order valence-electron chi connectivity index (χ1n) is 9.21. The molecule has 0 unspecified atom stereocenters. The van der Waals surface area contributed by atoms with Gasteiger partial charge in [0.2, 0.25) is 10.0 Å². The summed E-state index contributed by atoms with van der Waals surface area (Å²) in [5.74, 6) is 1.76. The molecule has 1 aliphatic carbocycles. The quantitative estimate of drug-likeness (QED) is 0.843. The van der Waals surface area contributed by atoms with E-state index < -0.39 is 15.6 Å². The molecule has 0 spiro atoms. The summed E-state index contributed by atoms with van der Waals surface area (Å²) in [7, 11) is -3.73. The maximum atomic E-state index is 13.1. The molecule has 2 fully saturated rings. The Bertz CT molecular complexity index is 1000. The molecule has 0 radical (unpaired) electrons. The van der Waals surface area contributed by atoms with Crippen LogP contribution in [0, 0.1) is 0 Å². The van der Waals surface area contributed by atoms with Crippen LogP contribution in [0.25, 0.3) is 0 Å². The Balaban J connectivity index is 1.39. The van der Waals surface area contributed by atoms with Crippen molar-refractivity contribution in [2.75, 3.05) is 13.1 Å². The normalized spacial score (nSPS) is 28.3. The molecule has 0 amide bonds. The first-order chi connectivity index (χ1) is 12.8. The van der Waals surface area contributed by atoms with Crippen LogP contribution in [-0.2, 0) is 22.0 Å². The van der Waals surface area contributed by atoms with Gasteiger partial charge >= 0.3 is 0 Å². The maximum absolute atomic E-state index is 13.1. The van der Waals surface area contributed by atoms with E-state index in [4.69, 9.17) is 9.26 Å². The molecule has 1 saturated heterocycles. The van der Waals surface area contributed by atoms with Gasteiger partial charge in [-0.1, -0.05) is 5.16 Å². The zero-order valence-electron chi connectivity index (χ0n) is 15.0. The first kappa shape index (κ1) is 17.2. The van der Waals surface area contributed by atoms with Crippen LogP contribution in [0.4, 0.5) is 0 Å². The van der Waals surface area contributed by atoms with Crippen LogP contribution in [0.1, 0.15) is 49.4 Å². The Kier molecular flexibility index (Phi) is 3.66. The number of sulfonamides is 1. The highest BCUT2D eigenvalue weighted by atomic mass is 32.2. The van der Waals surface area contributed by atoms with E-state index in [1.165, 1.54) is 4.31 Å². The van der Waals surface area contributed by atoms with Gasteiger partial charge in [0, 0.05) is 25.3 Å². The Labute approximate surface area is 157 Å². The Hall–Kier alpha value is -1.97. The molecule has 2 aromatic rings.